The molecular weight excluding hydrogens is 294 g/mol. The summed E-state index contributed by atoms with van der Waals surface area (Å²) in [6.07, 6.45) is -0.430. The minimum Gasteiger partial charge on any atom is -0.394 e. The third kappa shape index (κ3) is 2.34. The molecule has 0 bridgehead atoms. The number of ether oxygens (including phenoxy) is 1. The van der Waals surface area contributed by atoms with Crippen molar-refractivity contribution in [3.05, 3.63) is 21.2 Å². The highest BCUT2D eigenvalue weighted by Gasteiger charge is 2.35. The summed E-state index contributed by atoms with van der Waals surface area (Å²) in [7, 11) is 0. The largest absolute Gasteiger partial charge is 0.394 e. The van der Waals surface area contributed by atoms with Crippen molar-refractivity contribution in [2.24, 2.45) is 0 Å². The van der Waals surface area contributed by atoms with E-state index in [2.05, 4.69) is 20.9 Å². The molecule has 1 fully saturated rings. The van der Waals surface area contributed by atoms with Crippen molar-refractivity contribution >= 4 is 21.7 Å². The molecule has 0 unspecified atom stereocenters. The summed E-state index contributed by atoms with van der Waals surface area (Å²) in [6, 6.07) is 0. The van der Waals surface area contributed by atoms with Crippen LogP contribution in [-0.4, -0.2) is 38.6 Å². The predicted octanol–water partition coefficient (Wildman–Crippen LogP) is -0.771. The molecule has 1 aromatic rings. The Morgan fingerprint density at radius 3 is 3.00 bits per heavy atom. The van der Waals surface area contributed by atoms with E-state index in [1.54, 1.807) is 0 Å². The van der Waals surface area contributed by atoms with Crippen molar-refractivity contribution in [2.75, 3.05) is 12.3 Å². The lowest BCUT2D eigenvalue weighted by molar-refractivity contribution is -0.0459. The number of aliphatic hydroxyl groups excluding tert-OH is 2. The fraction of sp³-hybridized carbons (Fsp3) is 0.556. The number of aliphatic hydroxyl groups is 2. The van der Waals surface area contributed by atoms with Gasteiger partial charge in [0.25, 0.3) is 0 Å². The molecule has 0 aromatic carbocycles. The molecule has 1 saturated heterocycles. The Hall–Kier alpha value is -0.960. The maximum Gasteiger partial charge on any atom is 0.351 e. The topological polar surface area (TPSA) is 111 Å². The number of rotatable bonds is 2. The molecule has 0 saturated carbocycles. The van der Waals surface area contributed by atoms with Crippen LogP contribution in [0.4, 0.5) is 5.82 Å². The molecule has 0 radical (unpaired) electrons. The van der Waals surface area contributed by atoms with Crippen LogP contribution in [0.2, 0.25) is 0 Å². The number of halogens is 1. The molecule has 94 valence electrons. The first-order valence-corrected chi connectivity index (χ1v) is 5.80. The number of aromatic nitrogens is 2. The van der Waals surface area contributed by atoms with Gasteiger partial charge in [0.05, 0.1) is 17.2 Å². The summed E-state index contributed by atoms with van der Waals surface area (Å²) < 4.78 is 7.06. The van der Waals surface area contributed by atoms with E-state index in [0.717, 1.165) is 0 Å². The lowest BCUT2D eigenvalue weighted by atomic mass is 10.2. The highest BCUT2D eigenvalue weighted by atomic mass is 79.9. The zero-order valence-electron chi connectivity index (χ0n) is 8.78. The van der Waals surface area contributed by atoms with Crippen LogP contribution >= 0.6 is 15.9 Å². The molecule has 2 rings (SSSR count). The summed E-state index contributed by atoms with van der Waals surface area (Å²) in [5, 5.41) is 18.5. The van der Waals surface area contributed by atoms with Crippen LogP contribution in [0.15, 0.2) is 15.5 Å². The molecule has 17 heavy (non-hydrogen) atoms. The van der Waals surface area contributed by atoms with Crippen LogP contribution < -0.4 is 11.4 Å². The molecule has 1 aliphatic heterocycles. The highest BCUT2D eigenvalue weighted by molar-refractivity contribution is 9.10. The second-order valence-electron chi connectivity index (χ2n) is 3.78. The van der Waals surface area contributed by atoms with Gasteiger partial charge in [-0.3, -0.25) is 4.57 Å². The molecule has 4 N–H and O–H groups in total. The summed E-state index contributed by atoms with van der Waals surface area (Å²) in [4.78, 5) is 15.2. The smallest absolute Gasteiger partial charge is 0.351 e. The van der Waals surface area contributed by atoms with Gasteiger partial charge < -0.3 is 20.7 Å². The predicted molar refractivity (Wildman–Crippen MR) is 62.2 cm³/mol. The Bertz CT molecular complexity index is 478. The van der Waals surface area contributed by atoms with E-state index in [0.29, 0.717) is 4.47 Å². The lowest BCUT2D eigenvalue weighted by Crippen LogP contribution is -2.28. The van der Waals surface area contributed by atoms with Gasteiger partial charge >= 0.3 is 5.69 Å². The SMILES string of the molecule is Nc1nc(=O)n([C@H]2C[C@@H](O)[C@H](CO)O2)cc1Br. The van der Waals surface area contributed by atoms with E-state index in [1.165, 1.54) is 10.8 Å². The summed E-state index contributed by atoms with van der Waals surface area (Å²) in [5.74, 6) is 0.100. The van der Waals surface area contributed by atoms with Crippen molar-refractivity contribution in [3.8, 4) is 0 Å². The second kappa shape index (κ2) is 4.73. The van der Waals surface area contributed by atoms with Crippen molar-refractivity contribution in [1.29, 1.82) is 0 Å². The minimum absolute atomic E-state index is 0.100. The van der Waals surface area contributed by atoms with Gasteiger partial charge in [0.15, 0.2) is 0 Å². The Labute approximate surface area is 105 Å². The highest BCUT2D eigenvalue weighted by Crippen LogP contribution is 2.28. The first-order chi connectivity index (χ1) is 8.02. The summed E-state index contributed by atoms with van der Waals surface area (Å²) >= 11 is 3.16. The molecule has 1 aliphatic rings. The molecule has 3 atom stereocenters. The number of anilines is 1. The minimum atomic E-state index is -0.798. The summed E-state index contributed by atoms with van der Waals surface area (Å²) in [5.41, 5.74) is 4.91. The van der Waals surface area contributed by atoms with Crippen molar-refractivity contribution in [1.82, 2.24) is 9.55 Å². The maximum absolute atomic E-state index is 11.6. The molecule has 0 aliphatic carbocycles. The van der Waals surface area contributed by atoms with Crippen LogP contribution in [0, 0.1) is 0 Å². The monoisotopic (exact) mass is 305 g/mol. The third-order valence-corrected chi connectivity index (χ3v) is 3.24. The van der Waals surface area contributed by atoms with Crippen LogP contribution in [0.25, 0.3) is 0 Å². The third-order valence-electron chi connectivity index (χ3n) is 2.63. The van der Waals surface area contributed by atoms with Gasteiger partial charge in [-0.1, -0.05) is 0 Å². The lowest BCUT2D eigenvalue weighted by Gasteiger charge is -2.14. The van der Waals surface area contributed by atoms with Gasteiger partial charge in [0.1, 0.15) is 18.1 Å². The molecular formula is C9H12BrN3O4. The van der Waals surface area contributed by atoms with Gasteiger partial charge in [-0.05, 0) is 15.9 Å². The number of nitrogens with two attached hydrogens (primary N) is 1. The van der Waals surface area contributed by atoms with E-state index < -0.39 is 24.1 Å². The number of nitrogen functional groups attached to an aromatic ring is 1. The normalized spacial score (nSPS) is 28.5. The maximum atomic E-state index is 11.6. The van der Waals surface area contributed by atoms with Crippen molar-refractivity contribution in [2.45, 2.75) is 24.9 Å². The van der Waals surface area contributed by atoms with Crippen LogP contribution in [0.3, 0.4) is 0 Å². The van der Waals surface area contributed by atoms with Crippen LogP contribution in [-0.2, 0) is 4.74 Å². The fourth-order valence-electron chi connectivity index (χ4n) is 1.71. The molecule has 2 heterocycles. The number of hydrogen-bond acceptors (Lipinski definition) is 6. The molecule has 0 amide bonds. The van der Waals surface area contributed by atoms with Gasteiger partial charge in [0.2, 0.25) is 0 Å². The molecule has 1 aromatic heterocycles. The van der Waals surface area contributed by atoms with E-state index in [1.807, 2.05) is 0 Å². The molecule has 0 spiro atoms. The Kier molecular flexibility index (Phi) is 3.48. The number of nitrogens with zero attached hydrogens (tertiary/aromatic N) is 2. The molecule has 7 nitrogen and oxygen atoms in total. The van der Waals surface area contributed by atoms with Gasteiger partial charge in [-0.2, -0.15) is 4.98 Å². The van der Waals surface area contributed by atoms with Crippen molar-refractivity contribution in [3.63, 3.8) is 0 Å². The zero-order chi connectivity index (χ0) is 12.6. The standard InChI is InChI=1S/C9H12BrN3O4/c10-4-2-13(9(16)12-8(4)11)7-1-5(15)6(3-14)17-7/h2,5-7,14-15H,1,3H2,(H2,11,12,16)/t5-,6+,7-/m1/s1. The Morgan fingerprint density at radius 2 is 2.41 bits per heavy atom. The summed E-state index contributed by atoms with van der Waals surface area (Å²) in [6.45, 7) is -0.296. The van der Waals surface area contributed by atoms with Gasteiger partial charge in [0, 0.05) is 12.6 Å². The second-order valence-corrected chi connectivity index (χ2v) is 4.63. The molecule has 8 heteroatoms. The first-order valence-electron chi connectivity index (χ1n) is 5.01. The quantitative estimate of drug-likeness (QED) is 0.662. The van der Waals surface area contributed by atoms with E-state index in [9.17, 15) is 9.90 Å². The van der Waals surface area contributed by atoms with Crippen molar-refractivity contribution < 1.29 is 14.9 Å². The van der Waals surface area contributed by atoms with Gasteiger partial charge in [-0.15, -0.1) is 0 Å². The first kappa shape index (κ1) is 12.5. The van der Waals surface area contributed by atoms with Gasteiger partial charge in [-0.25, -0.2) is 4.79 Å². The Balaban J connectivity index is 2.30. The average Bonchev–Trinajstić information content (AvgIpc) is 2.65. The van der Waals surface area contributed by atoms with Crippen LogP contribution in [0.5, 0.6) is 0 Å². The average molecular weight is 306 g/mol. The van der Waals surface area contributed by atoms with E-state index in [4.69, 9.17) is 15.6 Å². The van der Waals surface area contributed by atoms with Crippen LogP contribution in [0.1, 0.15) is 12.6 Å². The Morgan fingerprint density at radius 1 is 1.71 bits per heavy atom. The zero-order valence-corrected chi connectivity index (χ0v) is 10.4. The van der Waals surface area contributed by atoms with E-state index in [-0.39, 0.29) is 18.8 Å². The number of hydrogen-bond donors (Lipinski definition) is 3. The van der Waals surface area contributed by atoms with E-state index >= 15 is 0 Å². The fourth-order valence-corrected chi connectivity index (χ4v) is 2.02.